The third kappa shape index (κ3) is 1.69. The Bertz CT molecular complexity index is 403. The summed E-state index contributed by atoms with van der Waals surface area (Å²) >= 11 is 0. The van der Waals surface area contributed by atoms with Crippen LogP contribution < -0.4 is 0 Å². The van der Waals surface area contributed by atoms with Crippen molar-refractivity contribution < 1.29 is 0 Å². The Morgan fingerprint density at radius 3 is 2.50 bits per heavy atom. The van der Waals surface area contributed by atoms with Crippen LogP contribution in [0.2, 0.25) is 0 Å². The number of rotatable bonds is 2. The number of nitrogens with zero attached hydrogens (tertiary/aromatic N) is 1. The number of aryl methyl sites for hydroxylation is 1. The molecule has 1 N–H and O–H groups in total. The molecular weight excluding hydrogens is 172 g/mol. The number of aromatic nitrogens is 2. The van der Waals surface area contributed by atoms with Gasteiger partial charge < -0.3 is 4.98 Å². The smallest absolute Gasteiger partial charge is 0.103 e. The Morgan fingerprint density at radius 1 is 1.21 bits per heavy atom. The van der Waals surface area contributed by atoms with E-state index in [1.807, 2.05) is 19.2 Å². The average Bonchev–Trinajstić information content (AvgIpc) is 2.65. The first kappa shape index (κ1) is 9.00. The highest BCUT2D eigenvalue weighted by molar-refractivity contribution is 5.26. The first-order chi connectivity index (χ1) is 6.77. The van der Waals surface area contributed by atoms with E-state index in [0.717, 1.165) is 5.82 Å². The molecule has 0 amide bonds. The van der Waals surface area contributed by atoms with Crippen molar-refractivity contribution in [3.05, 3.63) is 53.6 Å². The highest BCUT2D eigenvalue weighted by atomic mass is 14.9. The van der Waals surface area contributed by atoms with Gasteiger partial charge in [0.25, 0.3) is 0 Å². The van der Waals surface area contributed by atoms with E-state index >= 15 is 0 Å². The zero-order valence-corrected chi connectivity index (χ0v) is 8.49. The fourth-order valence-corrected chi connectivity index (χ4v) is 1.58. The van der Waals surface area contributed by atoms with Crippen molar-refractivity contribution in [1.29, 1.82) is 0 Å². The van der Waals surface area contributed by atoms with Crippen LogP contribution >= 0.6 is 0 Å². The number of hydrogen-bond acceptors (Lipinski definition) is 1. The minimum atomic E-state index is 0.386. The normalized spacial score (nSPS) is 12.7. The Balaban J connectivity index is 2.29. The zero-order chi connectivity index (χ0) is 9.97. The third-order valence-electron chi connectivity index (χ3n) is 2.49. The van der Waals surface area contributed by atoms with Gasteiger partial charge in [0.2, 0.25) is 0 Å². The Labute approximate surface area is 84.0 Å². The van der Waals surface area contributed by atoms with E-state index in [0.29, 0.717) is 5.92 Å². The molecule has 0 bridgehead atoms. The van der Waals surface area contributed by atoms with Gasteiger partial charge >= 0.3 is 0 Å². The lowest BCUT2D eigenvalue weighted by Gasteiger charge is -2.08. The monoisotopic (exact) mass is 186 g/mol. The van der Waals surface area contributed by atoms with Crippen LogP contribution in [-0.2, 0) is 0 Å². The van der Waals surface area contributed by atoms with Crippen LogP contribution in [0.1, 0.15) is 29.9 Å². The Hall–Kier alpha value is -1.57. The largest absolute Gasteiger partial charge is 0.346 e. The van der Waals surface area contributed by atoms with Crippen LogP contribution in [0.5, 0.6) is 0 Å². The second-order valence-corrected chi connectivity index (χ2v) is 3.56. The lowest BCUT2D eigenvalue weighted by Crippen LogP contribution is -1.95. The average molecular weight is 186 g/mol. The van der Waals surface area contributed by atoms with Gasteiger partial charge in [0, 0.05) is 17.8 Å². The molecular formula is C12H14N2. The summed E-state index contributed by atoms with van der Waals surface area (Å²) in [5, 5.41) is 0. The van der Waals surface area contributed by atoms with Gasteiger partial charge in [0.15, 0.2) is 0 Å². The fourth-order valence-electron chi connectivity index (χ4n) is 1.58. The summed E-state index contributed by atoms with van der Waals surface area (Å²) in [6.07, 6.45) is 1.91. The van der Waals surface area contributed by atoms with Crippen LogP contribution in [0.3, 0.4) is 0 Å². The van der Waals surface area contributed by atoms with Crippen LogP contribution in [0.4, 0.5) is 0 Å². The molecule has 72 valence electrons. The van der Waals surface area contributed by atoms with E-state index in [4.69, 9.17) is 0 Å². The van der Waals surface area contributed by atoms with E-state index in [9.17, 15) is 0 Å². The molecule has 2 aromatic rings. The van der Waals surface area contributed by atoms with Gasteiger partial charge in [-0.25, -0.2) is 4.98 Å². The quantitative estimate of drug-likeness (QED) is 0.767. The third-order valence-corrected chi connectivity index (χ3v) is 2.49. The lowest BCUT2D eigenvalue weighted by molar-refractivity contribution is 0.878. The van der Waals surface area contributed by atoms with Gasteiger partial charge in [-0.05, 0) is 12.5 Å². The van der Waals surface area contributed by atoms with Crippen LogP contribution in [0.15, 0.2) is 36.5 Å². The minimum absolute atomic E-state index is 0.386. The van der Waals surface area contributed by atoms with Crippen molar-refractivity contribution in [1.82, 2.24) is 9.97 Å². The molecule has 0 fully saturated rings. The molecule has 0 aliphatic rings. The molecule has 0 aliphatic heterocycles. The summed E-state index contributed by atoms with van der Waals surface area (Å²) in [4.78, 5) is 7.47. The van der Waals surface area contributed by atoms with Crippen molar-refractivity contribution in [2.75, 3.05) is 0 Å². The highest BCUT2D eigenvalue weighted by Crippen LogP contribution is 2.21. The molecule has 1 atom stereocenters. The summed E-state index contributed by atoms with van der Waals surface area (Å²) in [7, 11) is 0. The zero-order valence-electron chi connectivity index (χ0n) is 8.49. The topological polar surface area (TPSA) is 28.7 Å². The van der Waals surface area contributed by atoms with Gasteiger partial charge in [0.1, 0.15) is 5.82 Å². The highest BCUT2D eigenvalue weighted by Gasteiger charge is 2.09. The van der Waals surface area contributed by atoms with E-state index in [1.54, 1.807) is 0 Å². The van der Waals surface area contributed by atoms with Crippen LogP contribution in [-0.4, -0.2) is 9.97 Å². The molecule has 14 heavy (non-hydrogen) atoms. The summed E-state index contributed by atoms with van der Waals surface area (Å²) in [5.74, 6) is 1.36. The fraction of sp³-hybridized carbons (Fsp3) is 0.250. The lowest BCUT2D eigenvalue weighted by atomic mass is 9.99. The van der Waals surface area contributed by atoms with Crippen molar-refractivity contribution in [3.63, 3.8) is 0 Å². The van der Waals surface area contributed by atoms with Gasteiger partial charge in [0.05, 0.1) is 0 Å². The number of imidazole rings is 1. The Morgan fingerprint density at radius 2 is 1.93 bits per heavy atom. The number of hydrogen-bond donors (Lipinski definition) is 1. The maximum Gasteiger partial charge on any atom is 0.103 e. The molecule has 0 aliphatic carbocycles. The minimum Gasteiger partial charge on any atom is -0.346 e. The van der Waals surface area contributed by atoms with Crippen molar-refractivity contribution in [2.45, 2.75) is 19.8 Å². The number of H-pyrrole nitrogens is 1. The molecule has 0 saturated heterocycles. The molecule has 1 aromatic heterocycles. The Kier molecular flexibility index (Phi) is 2.35. The number of benzene rings is 1. The number of nitrogens with one attached hydrogen (secondary N) is 1. The van der Waals surface area contributed by atoms with E-state index < -0.39 is 0 Å². The first-order valence-corrected chi connectivity index (χ1v) is 4.84. The van der Waals surface area contributed by atoms with Crippen LogP contribution in [0, 0.1) is 6.92 Å². The predicted octanol–water partition coefficient (Wildman–Crippen LogP) is 2.87. The van der Waals surface area contributed by atoms with Gasteiger partial charge in [-0.15, -0.1) is 0 Å². The molecule has 1 heterocycles. The SMILES string of the molecule is Cc1ncc(C(C)c2ccccc2)[nH]1. The van der Waals surface area contributed by atoms with Gasteiger partial charge in [-0.2, -0.15) is 0 Å². The summed E-state index contributed by atoms with van der Waals surface area (Å²) in [6.45, 7) is 4.16. The van der Waals surface area contributed by atoms with E-state index in [2.05, 4.69) is 41.2 Å². The van der Waals surface area contributed by atoms with Crippen LogP contribution in [0.25, 0.3) is 0 Å². The summed E-state index contributed by atoms with van der Waals surface area (Å²) < 4.78 is 0. The summed E-state index contributed by atoms with van der Waals surface area (Å²) in [6, 6.07) is 10.4. The second kappa shape index (κ2) is 3.66. The molecule has 2 heteroatoms. The predicted molar refractivity (Wildman–Crippen MR) is 57.3 cm³/mol. The molecule has 1 aromatic carbocycles. The van der Waals surface area contributed by atoms with Crippen molar-refractivity contribution in [2.24, 2.45) is 0 Å². The maximum absolute atomic E-state index is 4.21. The van der Waals surface area contributed by atoms with Gasteiger partial charge in [-0.1, -0.05) is 37.3 Å². The van der Waals surface area contributed by atoms with Crippen molar-refractivity contribution >= 4 is 0 Å². The summed E-state index contributed by atoms with van der Waals surface area (Å²) in [5.41, 5.74) is 2.49. The first-order valence-electron chi connectivity index (χ1n) is 4.84. The van der Waals surface area contributed by atoms with E-state index in [1.165, 1.54) is 11.3 Å². The van der Waals surface area contributed by atoms with Crippen molar-refractivity contribution in [3.8, 4) is 0 Å². The molecule has 0 spiro atoms. The molecule has 0 radical (unpaired) electrons. The standard InChI is InChI=1S/C12H14N2/c1-9(11-6-4-3-5-7-11)12-8-13-10(2)14-12/h3-9H,1-2H3,(H,13,14). The van der Waals surface area contributed by atoms with Gasteiger partial charge in [-0.3, -0.25) is 0 Å². The van der Waals surface area contributed by atoms with E-state index in [-0.39, 0.29) is 0 Å². The molecule has 2 rings (SSSR count). The maximum atomic E-state index is 4.21. The molecule has 0 saturated carbocycles. The molecule has 1 unspecified atom stereocenters. The second-order valence-electron chi connectivity index (χ2n) is 3.56. The molecule has 2 nitrogen and oxygen atoms in total. The number of aromatic amines is 1.